The first-order valence-corrected chi connectivity index (χ1v) is 7.05. The maximum absolute atomic E-state index is 5.77. The maximum atomic E-state index is 5.77. The highest BCUT2D eigenvalue weighted by Crippen LogP contribution is 2.62. The second-order valence-electron chi connectivity index (χ2n) is 6.73. The summed E-state index contributed by atoms with van der Waals surface area (Å²) in [6.45, 7) is 7.16. The molecule has 3 atom stereocenters. The molecular formula is C14H20ClN3. The van der Waals surface area contributed by atoms with Crippen LogP contribution in [0.5, 0.6) is 0 Å². The van der Waals surface area contributed by atoms with Crippen molar-refractivity contribution >= 4 is 17.4 Å². The van der Waals surface area contributed by atoms with E-state index in [1.54, 1.807) is 6.07 Å². The highest BCUT2D eigenvalue weighted by atomic mass is 35.5. The van der Waals surface area contributed by atoms with Crippen molar-refractivity contribution in [1.29, 1.82) is 0 Å². The summed E-state index contributed by atoms with van der Waals surface area (Å²) in [5.74, 6) is 1.67. The molecule has 1 aromatic heterocycles. The maximum Gasteiger partial charge on any atom is 0.151 e. The molecule has 2 bridgehead atoms. The minimum Gasteiger partial charge on any atom is -0.365 e. The molecule has 0 aromatic carbocycles. The molecule has 18 heavy (non-hydrogen) atoms. The van der Waals surface area contributed by atoms with Gasteiger partial charge < -0.3 is 5.32 Å². The van der Waals surface area contributed by atoms with Crippen LogP contribution in [0.15, 0.2) is 12.1 Å². The standard InChI is InChI=1S/C14H20ClN3/c1-13(2)9-6-7-14(3,8-9)12(13)16-11-5-4-10(15)17-18-11/h4-5,9,12H,6-8H2,1-3H3,(H,16,18). The largest absolute Gasteiger partial charge is 0.365 e. The van der Waals surface area contributed by atoms with Gasteiger partial charge in [-0.3, -0.25) is 0 Å². The molecule has 2 saturated carbocycles. The quantitative estimate of drug-likeness (QED) is 0.885. The van der Waals surface area contributed by atoms with Crippen LogP contribution in [0.1, 0.15) is 40.0 Å². The van der Waals surface area contributed by atoms with Crippen molar-refractivity contribution in [3.63, 3.8) is 0 Å². The van der Waals surface area contributed by atoms with Gasteiger partial charge in [-0.25, -0.2) is 0 Å². The number of fused-ring (bicyclic) bond motifs is 2. The molecule has 1 heterocycles. The Hall–Kier alpha value is -0.830. The van der Waals surface area contributed by atoms with Crippen molar-refractivity contribution < 1.29 is 0 Å². The molecule has 1 N–H and O–H groups in total. The van der Waals surface area contributed by atoms with Gasteiger partial charge in [-0.1, -0.05) is 32.4 Å². The number of hydrogen-bond donors (Lipinski definition) is 1. The molecule has 0 saturated heterocycles. The van der Waals surface area contributed by atoms with E-state index in [0.29, 0.717) is 22.0 Å². The van der Waals surface area contributed by atoms with Crippen molar-refractivity contribution in [3.8, 4) is 0 Å². The summed E-state index contributed by atoms with van der Waals surface area (Å²) in [7, 11) is 0. The minimum absolute atomic E-state index is 0.328. The zero-order valence-electron chi connectivity index (χ0n) is 11.2. The molecule has 0 aliphatic heterocycles. The van der Waals surface area contributed by atoms with Crippen molar-refractivity contribution in [3.05, 3.63) is 17.3 Å². The number of nitrogens with one attached hydrogen (secondary N) is 1. The Bertz CT molecular complexity index is 452. The second kappa shape index (κ2) is 3.83. The monoisotopic (exact) mass is 265 g/mol. The minimum atomic E-state index is 0.328. The SMILES string of the molecule is CC12CCC(C1)C(C)(C)C2Nc1ccc(Cl)nn1. The van der Waals surface area contributed by atoms with Gasteiger partial charge in [0.2, 0.25) is 0 Å². The first kappa shape index (κ1) is 12.2. The molecule has 0 radical (unpaired) electrons. The predicted octanol–water partition coefficient (Wildman–Crippen LogP) is 3.76. The summed E-state index contributed by atoms with van der Waals surface area (Å²) in [6.07, 6.45) is 4.02. The van der Waals surface area contributed by atoms with Crippen LogP contribution in [0.2, 0.25) is 5.15 Å². The van der Waals surface area contributed by atoms with Gasteiger partial charge in [-0.05, 0) is 48.1 Å². The van der Waals surface area contributed by atoms with Crippen LogP contribution >= 0.6 is 11.6 Å². The van der Waals surface area contributed by atoms with Crippen LogP contribution in [0.25, 0.3) is 0 Å². The Morgan fingerprint density at radius 3 is 2.61 bits per heavy atom. The summed E-state index contributed by atoms with van der Waals surface area (Å²) in [6, 6.07) is 4.18. The summed E-state index contributed by atoms with van der Waals surface area (Å²) in [5, 5.41) is 12.1. The van der Waals surface area contributed by atoms with Crippen LogP contribution in [-0.2, 0) is 0 Å². The van der Waals surface area contributed by atoms with Crippen molar-refractivity contribution in [1.82, 2.24) is 10.2 Å². The molecule has 3 unspecified atom stereocenters. The van der Waals surface area contributed by atoms with E-state index in [1.807, 2.05) is 6.07 Å². The van der Waals surface area contributed by atoms with E-state index in [2.05, 4.69) is 36.3 Å². The fourth-order valence-electron chi connectivity index (χ4n) is 4.20. The molecule has 3 rings (SSSR count). The van der Waals surface area contributed by atoms with Crippen molar-refractivity contribution in [2.24, 2.45) is 16.7 Å². The molecule has 4 heteroatoms. The third-order valence-electron chi connectivity index (χ3n) is 5.19. The van der Waals surface area contributed by atoms with Crippen LogP contribution in [0.3, 0.4) is 0 Å². The van der Waals surface area contributed by atoms with E-state index in [1.165, 1.54) is 19.3 Å². The summed E-state index contributed by atoms with van der Waals surface area (Å²) < 4.78 is 0. The molecule has 2 aliphatic carbocycles. The second-order valence-corrected chi connectivity index (χ2v) is 7.12. The number of rotatable bonds is 2. The Balaban J connectivity index is 1.86. The molecule has 2 fully saturated rings. The van der Waals surface area contributed by atoms with E-state index in [4.69, 9.17) is 11.6 Å². The predicted molar refractivity (Wildman–Crippen MR) is 73.7 cm³/mol. The Morgan fingerprint density at radius 2 is 2.06 bits per heavy atom. The Labute approximate surface area is 113 Å². The third kappa shape index (κ3) is 1.71. The van der Waals surface area contributed by atoms with E-state index in [0.717, 1.165) is 11.7 Å². The molecule has 98 valence electrons. The fourth-order valence-corrected chi connectivity index (χ4v) is 4.30. The van der Waals surface area contributed by atoms with Gasteiger partial charge in [0.25, 0.3) is 0 Å². The van der Waals surface area contributed by atoms with Gasteiger partial charge in [0.05, 0.1) is 0 Å². The van der Waals surface area contributed by atoms with E-state index >= 15 is 0 Å². The Kier molecular flexibility index (Phi) is 2.60. The van der Waals surface area contributed by atoms with Crippen LogP contribution in [0, 0.1) is 16.7 Å². The summed E-state index contributed by atoms with van der Waals surface area (Å²) in [4.78, 5) is 0. The lowest BCUT2D eigenvalue weighted by Crippen LogP contribution is -2.46. The summed E-state index contributed by atoms with van der Waals surface area (Å²) in [5.41, 5.74) is 0.726. The van der Waals surface area contributed by atoms with Crippen molar-refractivity contribution in [2.75, 3.05) is 5.32 Å². The molecule has 3 nitrogen and oxygen atoms in total. The van der Waals surface area contributed by atoms with Crippen LogP contribution in [-0.4, -0.2) is 16.2 Å². The smallest absolute Gasteiger partial charge is 0.151 e. The first-order valence-electron chi connectivity index (χ1n) is 6.68. The topological polar surface area (TPSA) is 37.8 Å². The van der Waals surface area contributed by atoms with Gasteiger partial charge in [-0.15, -0.1) is 10.2 Å². The molecule has 2 aliphatic rings. The number of nitrogens with zero attached hydrogens (tertiary/aromatic N) is 2. The zero-order chi connectivity index (χ0) is 13.0. The Morgan fingerprint density at radius 1 is 1.28 bits per heavy atom. The molecule has 1 aromatic rings. The van der Waals surface area contributed by atoms with Gasteiger partial charge in [0.15, 0.2) is 5.15 Å². The molecule has 0 spiro atoms. The van der Waals surface area contributed by atoms with Crippen molar-refractivity contribution in [2.45, 2.75) is 46.1 Å². The lowest BCUT2D eigenvalue weighted by Gasteiger charge is -2.43. The number of aromatic nitrogens is 2. The van der Waals surface area contributed by atoms with E-state index in [9.17, 15) is 0 Å². The number of halogens is 1. The zero-order valence-corrected chi connectivity index (χ0v) is 12.0. The lowest BCUT2D eigenvalue weighted by atomic mass is 9.68. The van der Waals surface area contributed by atoms with Gasteiger partial charge in [-0.2, -0.15) is 0 Å². The van der Waals surface area contributed by atoms with Crippen LogP contribution < -0.4 is 5.32 Å². The highest BCUT2D eigenvalue weighted by molar-refractivity contribution is 6.29. The average Bonchev–Trinajstić information content (AvgIpc) is 2.78. The normalized spacial score (nSPS) is 36.9. The van der Waals surface area contributed by atoms with Crippen LogP contribution in [0.4, 0.5) is 5.82 Å². The third-order valence-corrected chi connectivity index (χ3v) is 5.40. The van der Waals surface area contributed by atoms with Gasteiger partial charge >= 0.3 is 0 Å². The average molecular weight is 266 g/mol. The highest BCUT2D eigenvalue weighted by Gasteiger charge is 2.59. The molecule has 0 amide bonds. The fraction of sp³-hybridized carbons (Fsp3) is 0.714. The van der Waals surface area contributed by atoms with Gasteiger partial charge in [0.1, 0.15) is 5.82 Å². The first-order chi connectivity index (χ1) is 8.42. The lowest BCUT2D eigenvalue weighted by molar-refractivity contribution is 0.155. The summed E-state index contributed by atoms with van der Waals surface area (Å²) >= 11 is 5.77. The van der Waals surface area contributed by atoms with E-state index in [-0.39, 0.29) is 0 Å². The molecular weight excluding hydrogens is 246 g/mol. The number of hydrogen-bond acceptors (Lipinski definition) is 3. The van der Waals surface area contributed by atoms with E-state index < -0.39 is 0 Å². The number of anilines is 1. The van der Waals surface area contributed by atoms with Gasteiger partial charge in [0, 0.05) is 6.04 Å².